The van der Waals surface area contributed by atoms with Crippen molar-refractivity contribution < 1.29 is 4.74 Å². The van der Waals surface area contributed by atoms with E-state index in [-0.39, 0.29) is 6.04 Å². The molecule has 3 nitrogen and oxygen atoms in total. The van der Waals surface area contributed by atoms with Crippen LogP contribution in [-0.2, 0) is 4.74 Å². The van der Waals surface area contributed by atoms with Crippen molar-refractivity contribution in [3.63, 3.8) is 0 Å². The molecule has 0 saturated heterocycles. The van der Waals surface area contributed by atoms with Crippen molar-refractivity contribution in [3.8, 4) is 6.07 Å². The lowest BCUT2D eigenvalue weighted by Crippen LogP contribution is -2.24. The van der Waals surface area contributed by atoms with Crippen molar-refractivity contribution in [3.05, 3.63) is 65.9 Å². The van der Waals surface area contributed by atoms with Crippen molar-refractivity contribution in [2.45, 2.75) is 33.7 Å². The molecular weight excluding hydrogens is 284 g/mol. The molecule has 1 atom stereocenters. The van der Waals surface area contributed by atoms with Crippen molar-refractivity contribution >= 4 is 5.69 Å². The molecule has 0 aliphatic carbocycles. The van der Waals surface area contributed by atoms with Gasteiger partial charge in [-0.2, -0.15) is 5.26 Å². The molecule has 2 rings (SSSR count). The van der Waals surface area contributed by atoms with Crippen LogP contribution in [0.5, 0.6) is 0 Å². The number of nitrogens with zero attached hydrogens (tertiary/aromatic N) is 2. The number of aryl methyl sites for hydroxylation is 2. The third-order valence-electron chi connectivity index (χ3n) is 3.44. The lowest BCUT2D eigenvalue weighted by molar-refractivity contribution is 0.277. The summed E-state index contributed by atoms with van der Waals surface area (Å²) in [5.74, 6) is 0. The molecule has 0 radical (unpaired) electrons. The van der Waals surface area contributed by atoms with Crippen molar-refractivity contribution in [2.75, 3.05) is 19.1 Å². The SMILES string of the molecule is C=C1C(C#N)=CN(c2ccc(C)c(C)c2)C1C.C=CC.COC. The highest BCUT2D eigenvalue weighted by Gasteiger charge is 2.25. The van der Waals surface area contributed by atoms with Gasteiger partial charge in [0.25, 0.3) is 0 Å². The van der Waals surface area contributed by atoms with E-state index in [1.165, 1.54) is 11.1 Å². The summed E-state index contributed by atoms with van der Waals surface area (Å²) in [5, 5.41) is 9.01. The van der Waals surface area contributed by atoms with Crippen LogP contribution in [-0.4, -0.2) is 20.3 Å². The summed E-state index contributed by atoms with van der Waals surface area (Å²) in [5.41, 5.74) is 5.23. The maximum absolute atomic E-state index is 9.01. The number of anilines is 1. The normalized spacial score (nSPS) is 15.5. The Bertz CT molecular complexity index is 609. The van der Waals surface area contributed by atoms with Crippen LogP contribution in [0, 0.1) is 25.2 Å². The van der Waals surface area contributed by atoms with E-state index in [1.807, 2.05) is 13.1 Å². The molecule has 1 heterocycles. The first-order chi connectivity index (χ1) is 10.9. The average Bonchev–Trinajstić information content (AvgIpc) is 2.79. The summed E-state index contributed by atoms with van der Waals surface area (Å²) in [6.45, 7) is 15.5. The number of rotatable bonds is 1. The summed E-state index contributed by atoms with van der Waals surface area (Å²) in [6, 6.07) is 8.69. The molecular formula is C20H28N2O. The molecule has 0 N–H and O–H groups in total. The summed E-state index contributed by atoms with van der Waals surface area (Å²) >= 11 is 0. The van der Waals surface area contributed by atoms with E-state index >= 15 is 0 Å². The smallest absolute Gasteiger partial charge is 0.101 e. The maximum atomic E-state index is 9.01. The number of nitriles is 1. The minimum Gasteiger partial charge on any atom is -0.388 e. The predicted octanol–water partition coefficient (Wildman–Crippen LogP) is 4.93. The molecule has 3 heteroatoms. The van der Waals surface area contributed by atoms with Crippen molar-refractivity contribution in [1.29, 1.82) is 5.26 Å². The van der Waals surface area contributed by atoms with Gasteiger partial charge in [-0.25, -0.2) is 0 Å². The van der Waals surface area contributed by atoms with Gasteiger partial charge in [0.15, 0.2) is 0 Å². The molecule has 1 aromatic carbocycles. The van der Waals surface area contributed by atoms with Gasteiger partial charge in [-0.1, -0.05) is 18.7 Å². The fourth-order valence-electron chi connectivity index (χ4n) is 2.01. The second-order valence-electron chi connectivity index (χ2n) is 5.35. The van der Waals surface area contributed by atoms with Crippen LogP contribution in [0.2, 0.25) is 0 Å². The first-order valence-electron chi connectivity index (χ1n) is 7.51. The Labute approximate surface area is 141 Å². The predicted molar refractivity (Wildman–Crippen MR) is 99.5 cm³/mol. The van der Waals surface area contributed by atoms with Gasteiger partial charge >= 0.3 is 0 Å². The molecule has 0 bridgehead atoms. The van der Waals surface area contributed by atoms with Crippen LogP contribution in [0.4, 0.5) is 5.69 Å². The van der Waals surface area contributed by atoms with Gasteiger partial charge in [0.1, 0.15) is 6.07 Å². The van der Waals surface area contributed by atoms with E-state index in [0.717, 1.165) is 11.3 Å². The average molecular weight is 312 g/mol. The quantitative estimate of drug-likeness (QED) is 0.690. The largest absolute Gasteiger partial charge is 0.388 e. The van der Waals surface area contributed by atoms with Crippen LogP contribution in [0.25, 0.3) is 0 Å². The molecule has 1 aromatic rings. The molecule has 124 valence electrons. The van der Waals surface area contributed by atoms with Gasteiger partial charge in [0.2, 0.25) is 0 Å². The topological polar surface area (TPSA) is 36.3 Å². The maximum Gasteiger partial charge on any atom is 0.101 e. The van der Waals surface area contributed by atoms with Gasteiger partial charge in [-0.3, -0.25) is 0 Å². The van der Waals surface area contributed by atoms with E-state index in [9.17, 15) is 0 Å². The number of allylic oxidation sites excluding steroid dienone is 1. The summed E-state index contributed by atoms with van der Waals surface area (Å²) in [4.78, 5) is 2.10. The first-order valence-corrected chi connectivity index (χ1v) is 7.51. The standard InChI is InChI=1S/C15H16N2.C3H6.C2H6O/c1-10-5-6-15(7-11(10)2)17-9-14(8-16)12(3)13(17)4;2*1-3-2/h5-7,9,13H,3H2,1-2,4H3;3H,1H2,2H3;1-2H3. The van der Waals surface area contributed by atoms with Crippen molar-refractivity contribution in [2.24, 2.45) is 0 Å². The molecule has 0 saturated carbocycles. The van der Waals surface area contributed by atoms with Crippen LogP contribution in [0.3, 0.4) is 0 Å². The third-order valence-corrected chi connectivity index (χ3v) is 3.44. The molecule has 1 aliphatic heterocycles. The van der Waals surface area contributed by atoms with E-state index in [1.54, 1.807) is 20.3 Å². The zero-order chi connectivity index (χ0) is 18.0. The van der Waals surface area contributed by atoms with Crippen LogP contribution in [0.15, 0.2) is 54.8 Å². The van der Waals surface area contributed by atoms with Gasteiger partial charge in [0, 0.05) is 26.1 Å². The second-order valence-corrected chi connectivity index (χ2v) is 5.35. The summed E-state index contributed by atoms with van der Waals surface area (Å²) in [7, 11) is 3.25. The zero-order valence-corrected chi connectivity index (χ0v) is 15.2. The zero-order valence-electron chi connectivity index (χ0n) is 15.2. The number of hydrogen-bond donors (Lipinski definition) is 0. The van der Waals surface area contributed by atoms with Crippen LogP contribution < -0.4 is 4.90 Å². The highest BCUT2D eigenvalue weighted by Crippen LogP contribution is 2.31. The molecule has 23 heavy (non-hydrogen) atoms. The Morgan fingerprint density at radius 2 is 1.78 bits per heavy atom. The van der Waals surface area contributed by atoms with Gasteiger partial charge in [0.05, 0.1) is 11.6 Å². The number of benzene rings is 1. The van der Waals surface area contributed by atoms with E-state index < -0.39 is 0 Å². The van der Waals surface area contributed by atoms with Gasteiger partial charge in [-0.05, 0) is 56.5 Å². The van der Waals surface area contributed by atoms with Gasteiger partial charge < -0.3 is 9.64 Å². The Morgan fingerprint density at radius 3 is 2.17 bits per heavy atom. The van der Waals surface area contributed by atoms with E-state index in [2.05, 4.69) is 67.8 Å². The number of ether oxygens (including phenoxy) is 1. The number of hydrogen-bond acceptors (Lipinski definition) is 3. The molecule has 1 aliphatic rings. The molecule has 0 fully saturated rings. The fraction of sp³-hybridized carbons (Fsp3) is 0.350. The lowest BCUT2D eigenvalue weighted by Gasteiger charge is -2.23. The monoisotopic (exact) mass is 312 g/mol. The van der Waals surface area contributed by atoms with Crippen LogP contribution in [0.1, 0.15) is 25.0 Å². The Morgan fingerprint density at radius 1 is 1.26 bits per heavy atom. The molecule has 0 aromatic heterocycles. The van der Waals surface area contributed by atoms with Gasteiger partial charge in [-0.15, -0.1) is 6.58 Å². The summed E-state index contributed by atoms with van der Waals surface area (Å²) < 4.78 is 4.25. The minimum atomic E-state index is 0.159. The number of methoxy groups -OCH3 is 1. The highest BCUT2D eigenvalue weighted by atomic mass is 16.4. The molecule has 0 amide bonds. The lowest BCUT2D eigenvalue weighted by atomic mass is 10.1. The Balaban J connectivity index is 0.000000704. The van der Waals surface area contributed by atoms with Crippen molar-refractivity contribution in [1.82, 2.24) is 0 Å². The Kier molecular flexibility index (Phi) is 9.37. The molecule has 0 spiro atoms. The fourth-order valence-corrected chi connectivity index (χ4v) is 2.01. The second kappa shape index (κ2) is 10.4. The highest BCUT2D eigenvalue weighted by molar-refractivity contribution is 5.64. The van der Waals surface area contributed by atoms with E-state index in [0.29, 0.717) is 5.57 Å². The minimum absolute atomic E-state index is 0.159. The summed E-state index contributed by atoms with van der Waals surface area (Å²) in [6.07, 6.45) is 3.64. The molecule has 1 unspecified atom stereocenters. The Hall–Kier alpha value is -2.31. The first kappa shape index (κ1) is 20.7. The third kappa shape index (κ3) is 5.77. The van der Waals surface area contributed by atoms with E-state index in [4.69, 9.17) is 5.26 Å². The van der Waals surface area contributed by atoms with Crippen LogP contribution >= 0.6 is 0 Å².